The van der Waals surface area contributed by atoms with Crippen molar-refractivity contribution in [2.24, 2.45) is 0 Å². The second-order valence-electron chi connectivity index (χ2n) is 23.8. The molecule has 466 valence electrons. The number of esters is 3. The van der Waals surface area contributed by atoms with Gasteiger partial charge < -0.3 is 14.2 Å². The molecule has 6 nitrogen and oxygen atoms in total. The number of allylic oxidation sites excluding steroid dienone is 10. The zero-order chi connectivity index (χ0) is 57.8. The molecule has 0 rings (SSSR count). The van der Waals surface area contributed by atoms with Gasteiger partial charge in [0.1, 0.15) is 13.2 Å². The van der Waals surface area contributed by atoms with Crippen LogP contribution in [0.25, 0.3) is 0 Å². The minimum absolute atomic E-state index is 0.0828. The Morgan fingerprint density at radius 1 is 0.263 bits per heavy atom. The molecule has 0 saturated heterocycles. The van der Waals surface area contributed by atoms with Crippen molar-refractivity contribution in [2.75, 3.05) is 13.2 Å². The van der Waals surface area contributed by atoms with Crippen LogP contribution in [0.4, 0.5) is 0 Å². The van der Waals surface area contributed by atoms with Gasteiger partial charge in [0, 0.05) is 19.3 Å². The Balaban J connectivity index is 4.24. The molecule has 6 heteroatoms. The summed E-state index contributed by atoms with van der Waals surface area (Å²) in [7, 11) is 0. The molecule has 1 unspecified atom stereocenters. The van der Waals surface area contributed by atoms with Crippen molar-refractivity contribution < 1.29 is 28.6 Å². The Kier molecular flexibility index (Phi) is 66.1. The third-order valence-corrected chi connectivity index (χ3v) is 15.8. The number of ether oxygens (including phenoxy) is 3. The van der Waals surface area contributed by atoms with E-state index in [0.717, 1.165) is 83.5 Å². The Morgan fingerprint density at radius 3 is 0.800 bits per heavy atom. The fourth-order valence-electron chi connectivity index (χ4n) is 10.5. The maximum Gasteiger partial charge on any atom is 0.306 e. The van der Waals surface area contributed by atoms with Crippen LogP contribution in [-0.4, -0.2) is 37.2 Å². The summed E-state index contributed by atoms with van der Waals surface area (Å²) in [5.74, 6) is -0.902. The quantitative estimate of drug-likeness (QED) is 0.0261. The molecule has 80 heavy (non-hydrogen) atoms. The molecule has 0 aliphatic rings. The molecule has 0 aromatic carbocycles. The zero-order valence-corrected chi connectivity index (χ0v) is 53.6. The van der Waals surface area contributed by atoms with Gasteiger partial charge in [0.2, 0.25) is 0 Å². The molecule has 0 heterocycles. The summed E-state index contributed by atoms with van der Waals surface area (Å²) in [4.78, 5) is 38.4. The second-order valence-corrected chi connectivity index (χ2v) is 23.8. The van der Waals surface area contributed by atoms with Gasteiger partial charge in [-0.05, 0) is 83.5 Å². The number of carbonyl (C=O) groups excluding carboxylic acids is 3. The maximum absolute atomic E-state index is 12.9. The van der Waals surface area contributed by atoms with Crippen molar-refractivity contribution in [3.05, 3.63) is 60.8 Å². The lowest BCUT2D eigenvalue weighted by Crippen LogP contribution is -2.30. The lowest BCUT2D eigenvalue weighted by molar-refractivity contribution is -0.167. The molecule has 0 aliphatic heterocycles. The van der Waals surface area contributed by atoms with Crippen LogP contribution < -0.4 is 0 Å². The van der Waals surface area contributed by atoms with Crippen LogP contribution in [0.15, 0.2) is 60.8 Å². The number of hydrogen-bond donors (Lipinski definition) is 0. The van der Waals surface area contributed by atoms with Gasteiger partial charge in [-0.1, -0.05) is 332 Å². The fraction of sp³-hybridized carbons (Fsp3) is 0.824. The summed E-state index contributed by atoms with van der Waals surface area (Å²) in [5.41, 5.74) is 0. The number of rotatable bonds is 65. The SMILES string of the molecule is CC/C=C\C/C=C\C/C=C\C/C=C\CCCCC(=O)OCC(COC(=O)CCCCCCCCCCCCCCCCCCC/C=C\CCCCCCCCCC)OC(=O)CCCCCCCCCCCCCCCCCCCC. The highest BCUT2D eigenvalue weighted by Gasteiger charge is 2.19. The van der Waals surface area contributed by atoms with E-state index in [0.29, 0.717) is 19.3 Å². The average molecular weight is 1120 g/mol. The molecule has 0 saturated carbocycles. The van der Waals surface area contributed by atoms with E-state index in [9.17, 15) is 14.4 Å². The van der Waals surface area contributed by atoms with E-state index in [1.165, 1.54) is 250 Å². The van der Waals surface area contributed by atoms with Gasteiger partial charge in [-0.2, -0.15) is 0 Å². The molecular weight excluding hydrogens is 985 g/mol. The molecule has 0 aliphatic carbocycles. The standard InChI is InChI=1S/C74H134O6/c1-4-7-10-13-16-19-22-25-28-30-32-33-34-35-36-37-38-39-40-41-42-44-46-49-52-55-58-61-64-67-73(76)79-70-71(69-78-72(75)66-63-60-57-54-51-48-45-27-24-21-18-15-12-9-6-3)80-74(77)68-65-62-59-56-53-50-47-43-31-29-26-23-20-17-14-11-8-5-2/h9,12,18,21,27,30,32,45,51,54,71H,4-8,10-11,13-17,19-20,22-26,28-29,31,33-44,46-50,52-53,55-70H2,1-3H3/b12-9-,21-18-,32-30-,45-27-,54-51-. The van der Waals surface area contributed by atoms with Crippen LogP contribution in [0, 0.1) is 0 Å². The van der Waals surface area contributed by atoms with E-state index in [1.54, 1.807) is 0 Å². The van der Waals surface area contributed by atoms with E-state index < -0.39 is 6.10 Å². The highest BCUT2D eigenvalue weighted by atomic mass is 16.6. The topological polar surface area (TPSA) is 78.9 Å². The highest BCUT2D eigenvalue weighted by Crippen LogP contribution is 2.18. The lowest BCUT2D eigenvalue weighted by Gasteiger charge is -2.18. The summed E-state index contributed by atoms with van der Waals surface area (Å²) in [6.07, 6.45) is 88.3. The van der Waals surface area contributed by atoms with E-state index >= 15 is 0 Å². The normalized spacial score (nSPS) is 12.4. The van der Waals surface area contributed by atoms with E-state index in [1.807, 2.05) is 0 Å². The van der Waals surface area contributed by atoms with Gasteiger partial charge in [0.25, 0.3) is 0 Å². The van der Waals surface area contributed by atoms with Gasteiger partial charge in [-0.25, -0.2) is 0 Å². The average Bonchev–Trinajstić information content (AvgIpc) is 3.46. The van der Waals surface area contributed by atoms with Crippen molar-refractivity contribution in [3.8, 4) is 0 Å². The predicted molar refractivity (Wildman–Crippen MR) is 348 cm³/mol. The largest absolute Gasteiger partial charge is 0.462 e. The molecule has 0 N–H and O–H groups in total. The third kappa shape index (κ3) is 65.9. The Morgan fingerprint density at radius 2 is 0.487 bits per heavy atom. The fourth-order valence-corrected chi connectivity index (χ4v) is 10.5. The van der Waals surface area contributed by atoms with Crippen LogP contribution >= 0.6 is 0 Å². The maximum atomic E-state index is 12.9. The third-order valence-electron chi connectivity index (χ3n) is 15.8. The van der Waals surface area contributed by atoms with Crippen molar-refractivity contribution in [1.29, 1.82) is 0 Å². The van der Waals surface area contributed by atoms with Gasteiger partial charge in [0.15, 0.2) is 6.10 Å². The molecule has 0 spiro atoms. The molecule has 0 aromatic heterocycles. The van der Waals surface area contributed by atoms with E-state index in [-0.39, 0.29) is 31.1 Å². The van der Waals surface area contributed by atoms with Crippen LogP contribution in [0.1, 0.15) is 374 Å². The zero-order valence-electron chi connectivity index (χ0n) is 53.6. The van der Waals surface area contributed by atoms with E-state index in [2.05, 4.69) is 81.5 Å². The molecule has 1 atom stereocenters. The number of carbonyl (C=O) groups is 3. The predicted octanol–water partition coefficient (Wildman–Crippen LogP) is 24.3. The van der Waals surface area contributed by atoms with Crippen molar-refractivity contribution in [2.45, 2.75) is 380 Å². The highest BCUT2D eigenvalue weighted by molar-refractivity contribution is 5.71. The molecule has 0 bridgehead atoms. The summed E-state index contributed by atoms with van der Waals surface area (Å²) in [6.45, 7) is 6.55. The van der Waals surface area contributed by atoms with Crippen molar-refractivity contribution in [1.82, 2.24) is 0 Å². The monoisotopic (exact) mass is 1120 g/mol. The molecule has 0 radical (unpaired) electrons. The first-order valence-electron chi connectivity index (χ1n) is 35.3. The van der Waals surface area contributed by atoms with Gasteiger partial charge >= 0.3 is 17.9 Å². The first-order valence-corrected chi connectivity index (χ1v) is 35.3. The smallest absolute Gasteiger partial charge is 0.306 e. The minimum atomic E-state index is -0.790. The van der Waals surface area contributed by atoms with Crippen LogP contribution in [-0.2, 0) is 28.6 Å². The Hall–Kier alpha value is -2.89. The number of hydrogen-bond acceptors (Lipinski definition) is 6. The molecule has 0 fully saturated rings. The minimum Gasteiger partial charge on any atom is -0.462 e. The second kappa shape index (κ2) is 68.6. The molecule has 0 amide bonds. The molecular formula is C74H134O6. The summed E-state index contributed by atoms with van der Waals surface area (Å²) in [6, 6.07) is 0. The van der Waals surface area contributed by atoms with Crippen molar-refractivity contribution >= 4 is 17.9 Å². The van der Waals surface area contributed by atoms with Crippen LogP contribution in [0.3, 0.4) is 0 Å². The first kappa shape index (κ1) is 77.1. The first-order chi connectivity index (χ1) is 39.5. The lowest BCUT2D eigenvalue weighted by atomic mass is 10.0. The number of unbranched alkanes of at least 4 members (excludes halogenated alkanes) is 44. The van der Waals surface area contributed by atoms with Crippen LogP contribution in [0.5, 0.6) is 0 Å². The Bertz CT molecular complexity index is 1430. The molecule has 0 aromatic rings. The van der Waals surface area contributed by atoms with Gasteiger partial charge in [-0.15, -0.1) is 0 Å². The van der Waals surface area contributed by atoms with Crippen LogP contribution in [0.2, 0.25) is 0 Å². The summed E-state index contributed by atoms with van der Waals surface area (Å²) >= 11 is 0. The van der Waals surface area contributed by atoms with Crippen molar-refractivity contribution in [3.63, 3.8) is 0 Å². The Labute approximate surface area is 498 Å². The van der Waals surface area contributed by atoms with Gasteiger partial charge in [0.05, 0.1) is 0 Å². The van der Waals surface area contributed by atoms with Gasteiger partial charge in [-0.3, -0.25) is 14.4 Å². The summed E-state index contributed by atoms with van der Waals surface area (Å²) in [5, 5.41) is 0. The summed E-state index contributed by atoms with van der Waals surface area (Å²) < 4.78 is 16.9. The van der Waals surface area contributed by atoms with E-state index in [4.69, 9.17) is 14.2 Å².